The summed E-state index contributed by atoms with van der Waals surface area (Å²) in [5.74, 6) is 1.01. The lowest BCUT2D eigenvalue weighted by atomic mass is 9.99. The Morgan fingerprint density at radius 3 is 2.63 bits per heavy atom. The molecule has 0 saturated carbocycles. The second kappa shape index (κ2) is 8.64. The van der Waals surface area contributed by atoms with E-state index in [0.717, 1.165) is 33.0 Å². The monoisotopic (exact) mass is 479 g/mol. The number of phenols is 1. The van der Waals surface area contributed by atoms with Gasteiger partial charge in [-0.25, -0.2) is 0 Å². The van der Waals surface area contributed by atoms with Crippen LogP contribution < -0.4 is 0 Å². The normalized spacial score (nSPS) is 15.5. The first-order valence-electron chi connectivity index (χ1n) is 11.3. The molecule has 35 heavy (non-hydrogen) atoms. The number of phenolic OH excluding ortho intramolecular Hbond substituents is 1. The van der Waals surface area contributed by atoms with Crippen molar-refractivity contribution >= 4 is 39.9 Å². The van der Waals surface area contributed by atoms with Crippen LogP contribution in [0.25, 0.3) is 11.0 Å². The Kier molecular flexibility index (Phi) is 5.30. The van der Waals surface area contributed by atoms with E-state index in [9.17, 15) is 9.90 Å². The summed E-state index contributed by atoms with van der Waals surface area (Å²) in [5.41, 5.74) is 3.98. The number of fused-ring (bicyclic) bond motifs is 2. The van der Waals surface area contributed by atoms with Gasteiger partial charge in [-0.1, -0.05) is 42.5 Å². The Morgan fingerprint density at radius 1 is 1.03 bits per heavy atom. The molecule has 1 unspecified atom stereocenters. The van der Waals surface area contributed by atoms with Gasteiger partial charge in [0, 0.05) is 39.5 Å². The van der Waals surface area contributed by atoms with Crippen LogP contribution in [0, 0.1) is 6.92 Å². The van der Waals surface area contributed by atoms with Crippen LogP contribution in [0.5, 0.6) is 5.75 Å². The van der Waals surface area contributed by atoms with Crippen molar-refractivity contribution in [3.05, 3.63) is 113 Å². The van der Waals surface area contributed by atoms with E-state index in [1.807, 2.05) is 67.6 Å². The first kappa shape index (κ1) is 21.5. The van der Waals surface area contributed by atoms with Gasteiger partial charge in [0.1, 0.15) is 17.1 Å². The molecule has 0 aliphatic carbocycles. The predicted octanol–water partition coefficient (Wildman–Crippen LogP) is 7.63. The Balaban J connectivity index is 1.47. The van der Waals surface area contributed by atoms with Gasteiger partial charge in [0.15, 0.2) is 5.76 Å². The molecule has 0 saturated heterocycles. The zero-order valence-electron chi connectivity index (χ0n) is 18.9. The standard InChI is InChI=1S/C29H21NO4S/c1-17-19-14-20(23(31)16-25(19)34-29(17)28(32)18-8-3-2-4-9-18)22-15-27(24-11-7-13-33-24)35-26-12-6-5-10-21(26)30-22/h2-14,16,27,31H,15H2,1H3. The van der Waals surface area contributed by atoms with Gasteiger partial charge in [0.05, 0.1) is 22.9 Å². The van der Waals surface area contributed by atoms with Crippen molar-refractivity contribution < 1.29 is 18.7 Å². The largest absolute Gasteiger partial charge is 0.507 e. The number of aliphatic imine (C=N–C) groups is 1. The van der Waals surface area contributed by atoms with Gasteiger partial charge in [-0.2, -0.15) is 0 Å². The number of hydrogen-bond donors (Lipinski definition) is 1. The smallest absolute Gasteiger partial charge is 0.228 e. The highest BCUT2D eigenvalue weighted by Crippen LogP contribution is 2.46. The number of furan rings is 2. The molecule has 0 radical (unpaired) electrons. The first-order chi connectivity index (χ1) is 17.1. The maximum Gasteiger partial charge on any atom is 0.228 e. The number of ketones is 1. The number of carbonyl (C=O) groups excluding carboxylic acids is 1. The first-order valence-corrected chi connectivity index (χ1v) is 12.2. The SMILES string of the molecule is Cc1c(C(=O)c2ccccc2)oc2cc(O)c(C3=Nc4ccccc4SC(c4ccco4)C3)cc12. The lowest BCUT2D eigenvalue weighted by molar-refractivity contribution is 0.101. The highest BCUT2D eigenvalue weighted by Gasteiger charge is 2.27. The highest BCUT2D eigenvalue weighted by molar-refractivity contribution is 7.99. The minimum atomic E-state index is -0.185. The van der Waals surface area contributed by atoms with Crippen LogP contribution in [0.1, 0.15) is 44.7 Å². The van der Waals surface area contributed by atoms with Gasteiger partial charge >= 0.3 is 0 Å². The number of aromatic hydroxyl groups is 1. The third-order valence-corrected chi connectivity index (χ3v) is 7.52. The molecule has 0 spiro atoms. The summed E-state index contributed by atoms with van der Waals surface area (Å²) < 4.78 is 11.7. The minimum absolute atomic E-state index is 0.00293. The third kappa shape index (κ3) is 3.86. The minimum Gasteiger partial charge on any atom is -0.507 e. The molecule has 5 aromatic rings. The van der Waals surface area contributed by atoms with Gasteiger partial charge in [-0.05, 0) is 37.3 Å². The molecule has 0 amide bonds. The van der Waals surface area contributed by atoms with Crippen LogP contribution in [0.4, 0.5) is 5.69 Å². The second-order valence-corrected chi connectivity index (χ2v) is 9.71. The summed E-state index contributed by atoms with van der Waals surface area (Å²) in [6, 6.07) is 24.3. The van der Waals surface area contributed by atoms with Crippen molar-refractivity contribution in [1.82, 2.24) is 0 Å². The van der Waals surface area contributed by atoms with E-state index < -0.39 is 0 Å². The molecule has 1 aliphatic heterocycles. The number of benzene rings is 3. The molecule has 172 valence electrons. The Hall–Kier alpha value is -4.03. The Morgan fingerprint density at radius 2 is 1.83 bits per heavy atom. The summed E-state index contributed by atoms with van der Waals surface area (Å²) in [6.07, 6.45) is 2.24. The number of thioether (sulfide) groups is 1. The summed E-state index contributed by atoms with van der Waals surface area (Å²) in [6.45, 7) is 1.87. The van der Waals surface area contributed by atoms with E-state index in [2.05, 4.69) is 0 Å². The van der Waals surface area contributed by atoms with Crippen LogP contribution in [0.3, 0.4) is 0 Å². The number of rotatable bonds is 4. The average molecular weight is 480 g/mol. The molecule has 1 N–H and O–H groups in total. The summed E-state index contributed by atoms with van der Waals surface area (Å²) in [4.78, 5) is 19.1. The molecule has 5 nitrogen and oxygen atoms in total. The van der Waals surface area contributed by atoms with Gasteiger partial charge in [0.25, 0.3) is 0 Å². The van der Waals surface area contributed by atoms with Crippen molar-refractivity contribution in [2.75, 3.05) is 0 Å². The summed E-state index contributed by atoms with van der Waals surface area (Å²) >= 11 is 1.70. The summed E-state index contributed by atoms with van der Waals surface area (Å²) in [5, 5.41) is 11.8. The van der Waals surface area contributed by atoms with Crippen LogP contribution in [-0.2, 0) is 0 Å². The van der Waals surface area contributed by atoms with Crippen LogP contribution in [0.15, 0.2) is 104 Å². The lowest BCUT2D eigenvalue weighted by Crippen LogP contribution is -2.05. The molecule has 1 atom stereocenters. The van der Waals surface area contributed by atoms with Crippen LogP contribution >= 0.6 is 11.8 Å². The van der Waals surface area contributed by atoms with Gasteiger partial charge in [0.2, 0.25) is 5.78 Å². The number of hydrogen-bond acceptors (Lipinski definition) is 6. The molecular formula is C29H21NO4S. The predicted molar refractivity (Wildman–Crippen MR) is 137 cm³/mol. The molecule has 3 aromatic carbocycles. The van der Waals surface area contributed by atoms with Crippen LogP contribution in [-0.4, -0.2) is 16.6 Å². The fourth-order valence-electron chi connectivity index (χ4n) is 4.44. The lowest BCUT2D eigenvalue weighted by Gasteiger charge is -2.14. The summed E-state index contributed by atoms with van der Waals surface area (Å²) in [7, 11) is 0. The zero-order valence-corrected chi connectivity index (χ0v) is 19.7. The molecule has 0 fully saturated rings. The van der Waals surface area contributed by atoms with Crippen molar-refractivity contribution in [3.63, 3.8) is 0 Å². The van der Waals surface area contributed by atoms with E-state index in [1.165, 1.54) is 0 Å². The topological polar surface area (TPSA) is 75.9 Å². The average Bonchev–Trinajstić information content (AvgIpc) is 3.47. The number of aryl methyl sites for hydroxylation is 1. The molecule has 2 aromatic heterocycles. The van der Waals surface area contributed by atoms with E-state index in [-0.39, 0.29) is 22.5 Å². The second-order valence-electron chi connectivity index (χ2n) is 8.47. The maximum absolute atomic E-state index is 13.1. The fraction of sp³-hybridized carbons (Fsp3) is 0.103. The van der Waals surface area contributed by atoms with Crippen molar-refractivity contribution in [1.29, 1.82) is 0 Å². The van der Waals surface area contributed by atoms with Crippen molar-refractivity contribution in [3.8, 4) is 5.75 Å². The Labute approximate surface area is 206 Å². The molecular weight excluding hydrogens is 458 g/mol. The maximum atomic E-state index is 13.1. The van der Waals surface area contributed by atoms with E-state index >= 15 is 0 Å². The van der Waals surface area contributed by atoms with Gasteiger partial charge in [-0.15, -0.1) is 11.8 Å². The number of nitrogens with zero attached hydrogens (tertiary/aromatic N) is 1. The highest BCUT2D eigenvalue weighted by atomic mass is 32.2. The fourth-order valence-corrected chi connectivity index (χ4v) is 5.63. The number of carbonyl (C=O) groups is 1. The molecule has 6 heteroatoms. The van der Waals surface area contributed by atoms with E-state index in [4.69, 9.17) is 13.8 Å². The molecule has 1 aliphatic rings. The van der Waals surface area contributed by atoms with E-state index in [0.29, 0.717) is 23.1 Å². The van der Waals surface area contributed by atoms with Gasteiger partial charge in [-0.3, -0.25) is 9.79 Å². The Bertz CT molecular complexity index is 1580. The third-order valence-electron chi connectivity index (χ3n) is 6.24. The molecule has 6 rings (SSSR count). The molecule has 0 bridgehead atoms. The van der Waals surface area contributed by atoms with E-state index in [1.54, 1.807) is 36.2 Å². The van der Waals surface area contributed by atoms with Gasteiger partial charge < -0.3 is 13.9 Å². The molecule has 3 heterocycles. The zero-order chi connectivity index (χ0) is 23.9. The van der Waals surface area contributed by atoms with Crippen molar-refractivity contribution in [2.24, 2.45) is 4.99 Å². The van der Waals surface area contributed by atoms with Crippen LogP contribution in [0.2, 0.25) is 0 Å². The number of para-hydroxylation sites is 1. The quantitative estimate of drug-likeness (QED) is 0.268. The van der Waals surface area contributed by atoms with Crippen molar-refractivity contribution in [2.45, 2.75) is 23.5 Å².